The van der Waals surface area contributed by atoms with Crippen LogP contribution in [0.5, 0.6) is 5.75 Å². The lowest BCUT2D eigenvalue weighted by molar-refractivity contribution is -0.126. The molecule has 1 N–H and O–H groups in total. The molecule has 1 fully saturated rings. The van der Waals surface area contributed by atoms with Crippen LogP contribution in [-0.4, -0.2) is 51.0 Å². The summed E-state index contributed by atoms with van der Waals surface area (Å²) in [5, 5.41) is 3.45. The third-order valence-corrected chi connectivity index (χ3v) is 5.13. The van der Waals surface area contributed by atoms with Crippen LogP contribution in [0.4, 0.5) is 5.69 Å². The third kappa shape index (κ3) is 4.31. The van der Waals surface area contributed by atoms with E-state index >= 15 is 0 Å². The molecule has 7 nitrogen and oxygen atoms in total. The van der Waals surface area contributed by atoms with Gasteiger partial charge in [-0.05, 0) is 44.4 Å². The van der Waals surface area contributed by atoms with Crippen LogP contribution in [0.15, 0.2) is 41.0 Å². The molecule has 2 heterocycles. The van der Waals surface area contributed by atoms with Gasteiger partial charge in [0.15, 0.2) is 0 Å². The van der Waals surface area contributed by atoms with E-state index in [1.54, 1.807) is 29.4 Å². The number of halogens is 1. The molecule has 2 aromatic rings. The van der Waals surface area contributed by atoms with Crippen LogP contribution in [-0.2, 0) is 9.59 Å². The number of rotatable bonds is 7. The number of nitrogens with one attached hydrogen (secondary N) is 1. The smallest absolute Gasteiger partial charge is 0.227 e. The molecule has 2 atom stereocenters. The predicted octanol–water partition coefficient (Wildman–Crippen LogP) is 2.71. The Bertz CT molecular complexity index is 838. The molecule has 0 aliphatic carbocycles. The molecule has 0 radical (unpaired) electrons. The second-order valence-corrected chi connectivity index (χ2v) is 7.40. The van der Waals surface area contributed by atoms with Crippen molar-refractivity contribution in [2.45, 2.75) is 12.5 Å². The molecule has 8 heteroatoms. The van der Waals surface area contributed by atoms with Crippen molar-refractivity contribution in [1.82, 2.24) is 10.2 Å². The molecule has 1 aliphatic heterocycles. The lowest BCUT2D eigenvalue weighted by Crippen LogP contribution is -2.38. The number of amides is 2. The van der Waals surface area contributed by atoms with Crippen molar-refractivity contribution in [1.29, 1.82) is 0 Å². The lowest BCUT2D eigenvalue weighted by atomic mass is 10.1. The van der Waals surface area contributed by atoms with E-state index in [-0.39, 0.29) is 30.8 Å². The Morgan fingerprint density at radius 3 is 2.86 bits per heavy atom. The van der Waals surface area contributed by atoms with Crippen molar-refractivity contribution < 1.29 is 18.7 Å². The molecule has 0 spiro atoms. The second kappa shape index (κ2) is 8.67. The maximum absolute atomic E-state index is 12.7. The molecule has 150 valence electrons. The third-order valence-electron chi connectivity index (χ3n) is 4.89. The maximum atomic E-state index is 12.7. The van der Waals surface area contributed by atoms with E-state index in [9.17, 15) is 9.59 Å². The van der Waals surface area contributed by atoms with E-state index in [1.807, 2.05) is 31.1 Å². The summed E-state index contributed by atoms with van der Waals surface area (Å²) in [6.07, 6.45) is 1.76. The molecule has 2 amide bonds. The zero-order chi connectivity index (χ0) is 20.3. The summed E-state index contributed by atoms with van der Waals surface area (Å²) in [5.41, 5.74) is 0.581. The highest BCUT2D eigenvalue weighted by molar-refractivity contribution is 6.31. The van der Waals surface area contributed by atoms with E-state index < -0.39 is 5.92 Å². The van der Waals surface area contributed by atoms with Gasteiger partial charge in [0.2, 0.25) is 11.8 Å². The van der Waals surface area contributed by atoms with Crippen LogP contribution in [0.25, 0.3) is 0 Å². The predicted molar refractivity (Wildman–Crippen MR) is 107 cm³/mol. The first kappa shape index (κ1) is 20.2. The average molecular weight is 406 g/mol. The Morgan fingerprint density at radius 1 is 1.43 bits per heavy atom. The Balaban J connectivity index is 1.66. The molecule has 1 aliphatic rings. The molecule has 0 bridgehead atoms. The zero-order valence-electron chi connectivity index (χ0n) is 16.1. The highest BCUT2D eigenvalue weighted by Crippen LogP contribution is 2.35. The number of carbonyl (C=O) groups excluding carboxylic acids is 2. The standard InChI is InChI=1S/C20H24ClN3O4/c1-23(2)16(18-5-4-8-28-18)11-22-20(26)13-9-19(25)24(12-13)15-10-14(21)6-7-17(15)27-3/h4-8,10,13,16H,9,11-12H2,1-3H3,(H,22,26)/t13-,16-/m0/s1. The minimum absolute atomic E-state index is 0.0832. The van der Waals surface area contributed by atoms with Gasteiger partial charge in [-0.3, -0.25) is 14.5 Å². The van der Waals surface area contributed by atoms with E-state index in [1.165, 1.54) is 7.11 Å². The number of anilines is 1. The molecule has 0 saturated carbocycles. The number of furan rings is 1. The maximum Gasteiger partial charge on any atom is 0.227 e. The average Bonchev–Trinajstić information content (AvgIpc) is 3.31. The van der Waals surface area contributed by atoms with Gasteiger partial charge in [-0.1, -0.05) is 11.6 Å². The number of likely N-dealkylation sites (N-methyl/N-ethyl adjacent to an activating group) is 1. The van der Waals surface area contributed by atoms with Crippen molar-refractivity contribution in [2.24, 2.45) is 5.92 Å². The largest absolute Gasteiger partial charge is 0.495 e. The normalized spacial score (nSPS) is 17.8. The summed E-state index contributed by atoms with van der Waals surface area (Å²) < 4.78 is 10.8. The molecule has 0 unspecified atom stereocenters. The monoisotopic (exact) mass is 405 g/mol. The SMILES string of the molecule is COc1ccc(Cl)cc1N1C[C@@H](C(=O)NC[C@@H](c2ccco2)N(C)C)CC1=O. The van der Waals surface area contributed by atoms with E-state index in [4.69, 9.17) is 20.8 Å². The first-order chi connectivity index (χ1) is 13.4. The number of hydrogen-bond acceptors (Lipinski definition) is 5. The Morgan fingerprint density at radius 2 is 2.21 bits per heavy atom. The van der Waals surface area contributed by atoms with Crippen molar-refractivity contribution in [3.05, 3.63) is 47.4 Å². The summed E-state index contributed by atoms with van der Waals surface area (Å²) in [4.78, 5) is 28.8. The van der Waals surface area contributed by atoms with Crippen LogP contribution in [0.3, 0.4) is 0 Å². The fourth-order valence-corrected chi connectivity index (χ4v) is 3.52. The van der Waals surface area contributed by atoms with Gasteiger partial charge in [-0.25, -0.2) is 0 Å². The highest BCUT2D eigenvalue weighted by atomic mass is 35.5. The van der Waals surface area contributed by atoms with Gasteiger partial charge in [-0.15, -0.1) is 0 Å². The van der Waals surface area contributed by atoms with Gasteiger partial charge >= 0.3 is 0 Å². The van der Waals surface area contributed by atoms with Gasteiger partial charge in [0.25, 0.3) is 0 Å². The van der Waals surface area contributed by atoms with Crippen LogP contribution >= 0.6 is 11.6 Å². The molecular weight excluding hydrogens is 382 g/mol. The van der Waals surface area contributed by atoms with Crippen molar-refractivity contribution in [3.63, 3.8) is 0 Å². The molecule has 1 aromatic carbocycles. The highest BCUT2D eigenvalue weighted by Gasteiger charge is 2.36. The van der Waals surface area contributed by atoms with E-state index in [2.05, 4.69) is 5.32 Å². The van der Waals surface area contributed by atoms with E-state index in [0.29, 0.717) is 23.0 Å². The molecule has 1 aromatic heterocycles. The van der Waals surface area contributed by atoms with Crippen molar-refractivity contribution >= 4 is 29.1 Å². The summed E-state index contributed by atoms with van der Waals surface area (Å²) >= 11 is 6.08. The summed E-state index contributed by atoms with van der Waals surface area (Å²) in [6.45, 7) is 0.680. The van der Waals surface area contributed by atoms with Crippen LogP contribution in [0.1, 0.15) is 18.2 Å². The van der Waals surface area contributed by atoms with Crippen molar-refractivity contribution in [3.8, 4) is 5.75 Å². The number of benzene rings is 1. The van der Waals surface area contributed by atoms with Gasteiger partial charge < -0.3 is 19.4 Å². The Hall–Kier alpha value is -2.51. The lowest BCUT2D eigenvalue weighted by Gasteiger charge is -2.23. The van der Waals surface area contributed by atoms with Crippen LogP contribution in [0, 0.1) is 5.92 Å². The fraction of sp³-hybridized carbons (Fsp3) is 0.400. The van der Waals surface area contributed by atoms with Gasteiger partial charge in [-0.2, -0.15) is 0 Å². The Labute approximate surface area is 169 Å². The second-order valence-electron chi connectivity index (χ2n) is 6.96. The Kier molecular flexibility index (Phi) is 6.26. The molecule has 1 saturated heterocycles. The van der Waals surface area contributed by atoms with Crippen LogP contribution < -0.4 is 15.0 Å². The quantitative estimate of drug-likeness (QED) is 0.766. The molecule has 3 rings (SSSR count). The van der Waals surface area contributed by atoms with Crippen molar-refractivity contribution in [2.75, 3.05) is 39.2 Å². The van der Waals surface area contributed by atoms with Gasteiger partial charge in [0.1, 0.15) is 11.5 Å². The van der Waals surface area contributed by atoms with Gasteiger partial charge in [0, 0.05) is 24.5 Å². The zero-order valence-corrected chi connectivity index (χ0v) is 16.9. The molecular formula is C20H24ClN3O4. The topological polar surface area (TPSA) is 75.0 Å². The molecule has 28 heavy (non-hydrogen) atoms. The minimum atomic E-state index is -0.435. The fourth-order valence-electron chi connectivity index (χ4n) is 3.35. The van der Waals surface area contributed by atoms with Gasteiger partial charge in [0.05, 0.1) is 31.0 Å². The number of nitrogens with zero attached hydrogens (tertiary/aromatic N) is 2. The summed E-state index contributed by atoms with van der Waals surface area (Å²) in [6, 6.07) is 8.70. The first-order valence-electron chi connectivity index (χ1n) is 9.02. The van der Waals surface area contributed by atoms with E-state index in [0.717, 1.165) is 5.76 Å². The first-order valence-corrected chi connectivity index (χ1v) is 9.40. The number of ether oxygens (including phenoxy) is 1. The summed E-state index contributed by atoms with van der Waals surface area (Å²) in [5.74, 6) is 0.601. The number of hydrogen-bond donors (Lipinski definition) is 1. The number of methoxy groups -OCH3 is 1. The minimum Gasteiger partial charge on any atom is -0.495 e. The summed E-state index contributed by atoms with van der Waals surface area (Å²) in [7, 11) is 5.38. The van der Waals surface area contributed by atoms with Crippen LogP contribution in [0.2, 0.25) is 5.02 Å². The number of carbonyl (C=O) groups is 2.